The molecule has 0 N–H and O–H groups in total. The van der Waals surface area contributed by atoms with Crippen LogP contribution in [0.25, 0.3) is 16.1 Å². The van der Waals surface area contributed by atoms with Gasteiger partial charge >= 0.3 is 0 Å². The minimum Gasteiger partial charge on any atom is -0.347 e. The Morgan fingerprint density at radius 3 is 2.48 bits per heavy atom. The topological polar surface area (TPSA) is 17.8 Å². The van der Waals surface area contributed by atoms with Gasteiger partial charge in [-0.05, 0) is 72.2 Å². The average Bonchev–Trinajstić information content (AvgIpc) is 3.42. The summed E-state index contributed by atoms with van der Waals surface area (Å²) >= 11 is 1.71. The van der Waals surface area contributed by atoms with Crippen LogP contribution in [0.1, 0.15) is 36.2 Å². The highest BCUT2D eigenvalue weighted by molar-refractivity contribution is 7.13. The first-order valence-electron chi connectivity index (χ1n) is 9.92. The third-order valence-corrected chi connectivity index (χ3v) is 5.81. The third-order valence-electron chi connectivity index (χ3n) is 4.92. The molecule has 148 valence electrons. The Kier molecular flexibility index (Phi) is 7.20. The molecule has 3 heterocycles. The van der Waals surface area contributed by atoms with Crippen LogP contribution in [0.15, 0.2) is 85.0 Å². The molecule has 4 aromatic rings. The summed E-state index contributed by atoms with van der Waals surface area (Å²) in [7, 11) is 0. The maximum Gasteiger partial charge on any atom is 0.0802 e. The molecule has 0 atom stereocenters. The van der Waals surface area contributed by atoms with Gasteiger partial charge in [0.15, 0.2) is 0 Å². The normalized spacial score (nSPS) is 10.3. The number of aryl methyl sites for hydroxylation is 2. The fourth-order valence-corrected chi connectivity index (χ4v) is 3.81. The van der Waals surface area contributed by atoms with Gasteiger partial charge in [-0.2, -0.15) is 0 Å². The lowest BCUT2D eigenvalue weighted by molar-refractivity contribution is 0.747. The second-order valence-corrected chi connectivity index (χ2v) is 8.04. The molecule has 0 spiro atoms. The van der Waals surface area contributed by atoms with Gasteiger partial charge in [-0.15, -0.1) is 11.3 Å². The molecule has 0 saturated heterocycles. The number of benzene rings is 1. The van der Waals surface area contributed by atoms with Crippen LogP contribution in [0.2, 0.25) is 0 Å². The van der Waals surface area contributed by atoms with Gasteiger partial charge in [-0.25, -0.2) is 0 Å². The number of rotatable bonds is 5. The molecule has 29 heavy (non-hydrogen) atoms. The lowest BCUT2D eigenvalue weighted by Gasteiger charge is -2.10. The predicted molar refractivity (Wildman–Crippen MR) is 126 cm³/mol. The Morgan fingerprint density at radius 2 is 1.86 bits per heavy atom. The molecule has 0 radical (unpaired) electrons. The quantitative estimate of drug-likeness (QED) is 0.345. The number of nitrogens with zero attached hydrogens (tertiary/aromatic N) is 2. The summed E-state index contributed by atoms with van der Waals surface area (Å²) in [5, 5.41) is 2.06. The van der Waals surface area contributed by atoms with Crippen LogP contribution in [0.3, 0.4) is 0 Å². The standard InChI is InChI=1S/C14H17N.C12H11NS/c1-3-14-9-6-10-15(14)11-13-8-5-4-7-12(13)2;1-9(2)10-5-6-11(13-8-10)12-4-3-7-14-12/h4-10H,3,11H2,1-2H3;3-8H,1H2,2H3. The van der Waals surface area contributed by atoms with Crippen LogP contribution in [0.4, 0.5) is 0 Å². The minimum atomic E-state index is 0.989. The summed E-state index contributed by atoms with van der Waals surface area (Å²) in [5.74, 6) is 0. The van der Waals surface area contributed by atoms with E-state index in [-0.39, 0.29) is 0 Å². The van der Waals surface area contributed by atoms with Gasteiger partial charge in [0.1, 0.15) is 0 Å². The van der Waals surface area contributed by atoms with E-state index in [2.05, 4.69) is 90.1 Å². The zero-order valence-corrected chi connectivity index (χ0v) is 18.2. The van der Waals surface area contributed by atoms with Gasteiger partial charge in [-0.3, -0.25) is 4.98 Å². The first-order chi connectivity index (χ1) is 14.1. The molecule has 0 aliphatic carbocycles. The lowest BCUT2D eigenvalue weighted by atomic mass is 10.1. The number of aromatic nitrogens is 2. The molecule has 0 amide bonds. The summed E-state index contributed by atoms with van der Waals surface area (Å²) in [5.41, 5.74) is 7.36. The van der Waals surface area contributed by atoms with Crippen molar-refractivity contribution in [1.82, 2.24) is 9.55 Å². The van der Waals surface area contributed by atoms with E-state index in [0.29, 0.717) is 0 Å². The molecule has 3 aromatic heterocycles. The number of hydrogen-bond acceptors (Lipinski definition) is 2. The average molecular weight is 401 g/mol. The minimum absolute atomic E-state index is 0.989. The molecule has 0 bridgehead atoms. The van der Waals surface area contributed by atoms with E-state index in [1.807, 2.05) is 25.3 Å². The van der Waals surface area contributed by atoms with Crippen molar-refractivity contribution in [2.75, 3.05) is 0 Å². The van der Waals surface area contributed by atoms with E-state index >= 15 is 0 Å². The summed E-state index contributed by atoms with van der Waals surface area (Å²) in [6.07, 6.45) is 5.13. The molecule has 0 aliphatic rings. The van der Waals surface area contributed by atoms with Crippen LogP contribution >= 0.6 is 11.3 Å². The summed E-state index contributed by atoms with van der Waals surface area (Å²) in [6, 6.07) is 21.1. The largest absolute Gasteiger partial charge is 0.347 e. The fraction of sp³-hybridized carbons (Fsp3) is 0.192. The molecule has 3 heteroatoms. The maximum absolute atomic E-state index is 4.39. The first-order valence-corrected chi connectivity index (χ1v) is 10.8. The second-order valence-electron chi connectivity index (χ2n) is 7.10. The number of thiophene rings is 1. The molecule has 4 rings (SSSR count). The SMILES string of the molecule is C=C(C)c1ccc(-c2cccs2)nc1.CCc1cccn1Cc1ccccc1C. The molecule has 1 aromatic carbocycles. The van der Waals surface area contributed by atoms with Crippen molar-refractivity contribution in [2.45, 2.75) is 33.7 Å². The van der Waals surface area contributed by atoms with E-state index in [9.17, 15) is 0 Å². The van der Waals surface area contributed by atoms with Gasteiger partial charge in [0.25, 0.3) is 0 Å². The number of allylic oxidation sites excluding steroid dienone is 1. The molecule has 0 saturated carbocycles. The Bertz CT molecular complexity index is 1040. The highest BCUT2D eigenvalue weighted by atomic mass is 32.1. The number of pyridine rings is 1. The third kappa shape index (κ3) is 5.55. The number of hydrogen-bond donors (Lipinski definition) is 0. The van der Waals surface area contributed by atoms with Crippen molar-refractivity contribution in [2.24, 2.45) is 0 Å². The van der Waals surface area contributed by atoms with E-state index in [1.54, 1.807) is 11.3 Å². The van der Waals surface area contributed by atoms with Gasteiger partial charge in [0.2, 0.25) is 0 Å². The summed E-state index contributed by atoms with van der Waals surface area (Å²) in [4.78, 5) is 5.60. The van der Waals surface area contributed by atoms with E-state index in [4.69, 9.17) is 0 Å². The molecule has 2 nitrogen and oxygen atoms in total. The van der Waals surface area contributed by atoms with E-state index < -0.39 is 0 Å². The fourth-order valence-electron chi connectivity index (χ4n) is 3.11. The van der Waals surface area contributed by atoms with Gasteiger partial charge in [0, 0.05) is 24.6 Å². The van der Waals surface area contributed by atoms with Gasteiger partial charge in [-0.1, -0.05) is 49.9 Å². The van der Waals surface area contributed by atoms with Crippen molar-refractivity contribution in [1.29, 1.82) is 0 Å². The van der Waals surface area contributed by atoms with Crippen LogP contribution in [-0.2, 0) is 13.0 Å². The molecule has 0 aliphatic heterocycles. The van der Waals surface area contributed by atoms with Crippen LogP contribution in [0.5, 0.6) is 0 Å². The maximum atomic E-state index is 4.39. The molecule has 0 fully saturated rings. The Labute approximate surface area is 178 Å². The summed E-state index contributed by atoms with van der Waals surface area (Å²) in [6.45, 7) is 11.2. The first kappa shape index (κ1) is 20.8. The zero-order chi connectivity index (χ0) is 20.6. The Balaban J connectivity index is 0.000000166. The van der Waals surface area contributed by atoms with Crippen LogP contribution in [-0.4, -0.2) is 9.55 Å². The monoisotopic (exact) mass is 400 g/mol. The van der Waals surface area contributed by atoms with Gasteiger partial charge in [0.05, 0.1) is 10.6 Å². The van der Waals surface area contributed by atoms with Crippen molar-refractivity contribution in [3.63, 3.8) is 0 Å². The lowest BCUT2D eigenvalue weighted by Crippen LogP contribution is -2.03. The smallest absolute Gasteiger partial charge is 0.0802 e. The van der Waals surface area contributed by atoms with E-state index in [0.717, 1.165) is 29.8 Å². The Hall–Kier alpha value is -2.91. The van der Waals surface area contributed by atoms with Crippen molar-refractivity contribution in [3.8, 4) is 10.6 Å². The Morgan fingerprint density at radius 1 is 1.03 bits per heavy atom. The van der Waals surface area contributed by atoms with E-state index in [1.165, 1.54) is 21.7 Å². The summed E-state index contributed by atoms with van der Waals surface area (Å²) < 4.78 is 2.32. The second kappa shape index (κ2) is 10.0. The molecular formula is C26H28N2S. The van der Waals surface area contributed by atoms with Crippen LogP contribution < -0.4 is 0 Å². The van der Waals surface area contributed by atoms with Crippen molar-refractivity contribution < 1.29 is 0 Å². The predicted octanol–water partition coefficient (Wildman–Crippen LogP) is 7.25. The highest BCUT2D eigenvalue weighted by Gasteiger charge is 2.02. The van der Waals surface area contributed by atoms with Gasteiger partial charge < -0.3 is 4.57 Å². The van der Waals surface area contributed by atoms with Crippen molar-refractivity contribution >= 4 is 16.9 Å². The van der Waals surface area contributed by atoms with Crippen molar-refractivity contribution in [3.05, 3.63) is 107 Å². The van der Waals surface area contributed by atoms with Crippen LogP contribution in [0, 0.1) is 6.92 Å². The highest BCUT2D eigenvalue weighted by Crippen LogP contribution is 2.23. The zero-order valence-electron chi connectivity index (χ0n) is 17.4. The molecular weight excluding hydrogens is 372 g/mol. The molecule has 0 unspecified atom stereocenters.